The van der Waals surface area contributed by atoms with E-state index >= 15 is 0 Å². The molecule has 1 aliphatic heterocycles. The molecule has 0 bridgehead atoms. The molecule has 0 radical (unpaired) electrons. The topological polar surface area (TPSA) is 57.7 Å². The molecule has 1 heterocycles. The Labute approximate surface area is 160 Å². The first-order valence-corrected chi connectivity index (χ1v) is 10.8. The van der Waals surface area contributed by atoms with Gasteiger partial charge in [0.2, 0.25) is 15.9 Å². The number of carbonyl (C=O) groups is 1. The molecule has 0 unspecified atom stereocenters. The number of amides is 1. The van der Waals surface area contributed by atoms with E-state index in [1.165, 1.54) is 4.31 Å². The van der Waals surface area contributed by atoms with Crippen LogP contribution < -0.4 is 0 Å². The van der Waals surface area contributed by atoms with Crippen molar-refractivity contribution in [2.24, 2.45) is 0 Å². The van der Waals surface area contributed by atoms with E-state index in [0.29, 0.717) is 31.1 Å². The lowest BCUT2D eigenvalue weighted by Crippen LogP contribution is -2.52. The fourth-order valence-electron chi connectivity index (χ4n) is 3.80. The van der Waals surface area contributed by atoms with Crippen molar-refractivity contribution in [3.63, 3.8) is 0 Å². The zero-order chi connectivity index (χ0) is 19.1. The van der Waals surface area contributed by atoms with Crippen LogP contribution in [0.3, 0.4) is 0 Å². The molecule has 2 aliphatic rings. The summed E-state index contributed by atoms with van der Waals surface area (Å²) < 4.78 is 27.1. The maximum Gasteiger partial charge on any atom is 0.243 e. The van der Waals surface area contributed by atoms with Crippen LogP contribution in [0.5, 0.6) is 0 Å². The lowest BCUT2D eigenvalue weighted by Gasteiger charge is -2.36. The molecular formula is C21H24N2O3S. The Morgan fingerprint density at radius 3 is 2.04 bits per heavy atom. The van der Waals surface area contributed by atoms with Gasteiger partial charge in [0, 0.05) is 26.2 Å². The predicted octanol–water partition coefficient (Wildman–Crippen LogP) is 2.56. The van der Waals surface area contributed by atoms with Crippen LogP contribution in [0.2, 0.25) is 0 Å². The summed E-state index contributed by atoms with van der Waals surface area (Å²) in [4.78, 5) is 15.3. The number of hydrogen-bond donors (Lipinski definition) is 0. The lowest BCUT2D eigenvalue weighted by molar-refractivity contribution is -0.135. The van der Waals surface area contributed by atoms with E-state index in [1.807, 2.05) is 54.3 Å². The summed E-state index contributed by atoms with van der Waals surface area (Å²) in [7, 11) is -3.50. The zero-order valence-corrected chi connectivity index (χ0v) is 16.3. The molecule has 1 saturated carbocycles. The number of hydrogen-bond acceptors (Lipinski definition) is 3. The van der Waals surface area contributed by atoms with Crippen molar-refractivity contribution < 1.29 is 13.2 Å². The number of sulfonamides is 1. The van der Waals surface area contributed by atoms with Gasteiger partial charge in [0.25, 0.3) is 0 Å². The number of piperazine rings is 1. The Kier molecular flexibility index (Phi) is 4.56. The van der Waals surface area contributed by atoms with E-state index in [9.17, 15) is 13.2 Å². The molecule has 4 rings (SSSR count). The highest BCUT2D eigenvalue weighted by atomic mass is 32.2. The van der Waals surface area contributed by atoms with Crippen LogP contribution in [0.1, 0.15) is 24.0 Å². The average Bonchev–Trinajstić information content (AvgIpc) is 3.51. The zero-order valence-electron chi connectivity index (χ0n) is 15.5. The second kappa shape index (κ2) is 6.77. The van der Waals surface area contributed by atoms with Gasteiger partial charge in [0.05, 0.1) is 10.3 Å². The number of aryl methyl sites for hydroxylation is 1. The van der Waals surface area contributed by atoms with Gasteiger partial charge in [0.15, 0.2) is 0 Å². The van der Waals surface area contributed by atoms with Crippen molar-refractivity contribution in [2.45, 2.75) is 30.1 Å². The average molecular weight is 385 g/mol. The third-order valence-corrected chi connectivity index (χ3v) is 7.58. The smallest absolute Gasteiger partial charge is 0.243 e. The molecule has 2 aromatic carbocycles. The molecule has 6 heteroatoms. The van der Waals surface area contributed by atoms with Crippen molar-refractivity contribution in [1.82, 2.24) is 9.21 Å². The summed E-state index contributed by atoms with van der Waals surface area (Å²) in [6.07, 6.45) is 1.75. The molecule has 5 nitrogen and oxygen atoms in total. The van der Waals surface area contributed by atoms with E-state index in [1.54, 1.807) is 12.1 Å². The van der Waals surface area contributed by atoms with Crippen LogP contribution in [0.15, 0.2) is 59.5 Å². The van der Waals surface area contributed by atoms with Gasteiger partial charge in [-0.25, -0.2) is 8.42 Å². The minimum atomic E-state index is -3.50. The first kappa shape index (κ1) is 18.2. The van der Waals surface area contributed by atoms with Gasteiger partial charge in [-0.05, 0) is 37.5 Å². The number of benzene rings is 2. The SMILES string of the molecule is Cc1ccc(S(=O)(=O)N2CCN(C(=O)C3(c4ccccc4)CC3)CC2)cc1. The fourth-order valence-corrected chi connectivity index (χ4v) is 5.22. The maximum absolute atomic E-state index is 13.1. The molecule has 142 valence electrons. The molecule has 0 spiro atoms. The van der Waals surface area contributed by atoms with Crippen LogP contribution in [0.4, 0.5) is 0 Å². The molecule has 1 saturated heterocycles. The Morgan fingerprint density at radius 1 is 0.889 bits per heavy atom. The van der Waals surface area contributed by atoms with Crippen LogP contribution >= 0.6 is 0 Å². The van der Waals surface area contributed by atoms with Gasteiger partial charge in [-0.1, -0.05) is 48.0 Å². The van der Waals surface area contributed by atoms with Crippen LogP contribution in [0, 0.1) is 6.92 Å². The molecular weight excluding hydrogens is 360 g/mol. The number of rotatable bonds is 4. The normalized spacial score (nSPS) is 19.7. The van der Waals surface area contributed by atoms with Crippen molar-refractivity contribution in [1.29, 1.82) is 0 Å². The summed E-state index contributed by atoms with van der Waals surface area (Å²) in [5, 5.41) is 0. The molecule has 2 aromatic rings. The van der Waals surface area contributed by atoms with Gasteiger partial charge in [-0.15, -0.1) is 0 Å². The van der Waals surface area contributed by atoms with Gasteiger partial charge in [-0.3, -0.25) is 4.79 Å². The highest BCUT2D eigenvalue weighted by Gasteiger charge is 2.53. The monoisotopic (exact) mass is 384 g/mol. The van der Waals surface area contributed by atoms with Crippen molar-refractivity contribution in [3.8, 4) is 0 Å². The summed E-state index contributed by atoms with van der Waals surface area (Å²) in [5.74, 6) is 0.140. The van der Waals surface area contributed by atoms with Gasteiger partial charge in [0.1, 0.15) is 0 Å². The van der Waals surface area contributed by atoms with Crippen molar-refractivity contribution in [3.05, 3.63) is 65.7 Å². The lowest BCUT2D eigenvalue weighted by atomic mass is 9.94. The molecule has 0 aromatic heterocycles. The molecule has 1 amide bonds. The van der Waals surface area contributed by atoms with E-state index in [0.717, 1.165) is 24.0 Å². The molecule has 1 aliphatic carbocycles. The van der Waals surface area contributed by atoms with E-state index in [2.05, 4.69) is 0 Å². The Balaban J connectivity index is 1.45. The van der Waals surface area contributed by atoms with Crippen molar-refractivity contribution in [2.75, 3.05) is 26.2 Å². The minimum absolute atomic E-state index is 0.140. The Morgan fingerprint density at radius 2 is 1.48 bits per heavy atom. The van der Waals surface area contributed by atoms with E-state index in [4.69, 9.17) is 0 Å². The second-order valence-electron chi connectivity index (χ2n) is 7.46. The molecule has 2 fully saturated rings. The third kappa shape index (κ3) is 3.28. The summed E-state index contributed by atoms with van der Waals surface area (Å²) in [6.45, 7) is 3.50. The van der Waals surface area contributed by atoms with E-state index in [-0.39, 0.29) is 11.3 Å². The van der Waals surface area contributed by atoms with Crippen LogP contribution in [-0.2, 0) is 20.2 Å². The summed E-state index contributed by atoms with van der Waals surface area (Å²) >= 11 is 0. The van der Waals surface area contributed by atoms with Crippen LogP contribution in [0.25, 0.3) is 0 Å². The minimum Gasteiger partial charge on any atom is -0.339 e. The standard InChI is InChI=1S/C21H24N2O3S/c1-17-7-9-19(10-8-17)27(25,26)23-15-13-22(14-16-23)20(24)21(11-12-21)18-5-3-2-4-6-18/h2-10H,11-16H2,1H3. The number of nitrogens with zero attached hydrogens (tertiary/aromatic N) is 2. The Hall–Kier alpha value is -2.18. The van der Waals surface area contributed by atoms with Crippen LogP contribution in [-0.4, -0.2) is 49.7 Å². The highest BCUT2D eigenvalue weighted by molar-refractivity contribution is 7.89. The molecule has 0 atom stereocenters. The predicted molar refractivity (Wildman–Crippen MR) is 104 cm³/mol. The molecule has 27 heavy (non-hydrogen) atoms. The third-order valence-electron chi connectivity index (χ3n) is 5.67. The second-order valence-corrected chi connectivity index (χ2v) is 9.40. The summed E-state index contributed by atoms with van der Waals surface area (Å²) in [6, 6.07) is 16.8. The van der Waals surface area contributed by atoms with Gasteiger partial charge >= 0.3 is 0 Å². The summed E-state index contributed by atoms with van der Waals surface area (Å²) in [5.41, 5.74) is 1.71. The van der Waals surface area contributed by atoms with E-state index < -0.39 is 10.0 Å². The maximum atomic E-state index is 13.1. The fraction of sp³-hybridized carbons (Fsp3) is 0.381. The Bertz CT molecular complexity index is 927. The molecule has 0 N–H and O–H groups in total. The first-order valence-electron chi connectivity index (χ1n) is 9.35. The number of carbonyl (C=O) groups excluding carboxylic acids is 1. The van der Waals surface area contributed by atoms with Crippen molar-refractivity contribution >= 4 is 15.9 Å². The highest BCUT2D eigenvalue weighted by Crippen LogP contribution is 2.49. The van der Waals surface area contributed by atoms with Gasteiger partial charge in [-0.2, -0.15) is 4.31 Å². The quantitative estimate of drug-likeness (QED) is 0.814. The first-order chi connectivity index (χ1) is 12.9. The largest absolute Gasteiger partial charge is 0.339 e. The van der Waals surface area contributed by atoms with Gasteiger partial charge < -0.3 is 4.90 Å².